The molecule has 1 unspecified atom stereocenters. The fourth-order valence-electron chi connectivity index (χ4n) is 4.58. The van der Waals surface area contributed by atoms with Crippen molar-refractivity contribution < 1.29 is 4.74 Å². The summed E-state index contributed by atoms with van der Waals surface area (Å²) in [7, 11) is 0. The molecule has 0 amide bonds. The van der Waals surface area contributed by atoms with Gasteiger partial charge in [-0.25, -0.2) is 9.97 Å². The molecule has 32 heavy (non-hydrogen) atoms. The van der Waals surface area contributed by atoms with E-state index in [-0.39, 0.29) is 5.92 Å². The van der Waals surface area contributed by atoms with Gasteiger partial charge in [0, 0.05) is 37.3 Å². The normalized spacial score (nSPS) is 18.1. The highest BCUT2D eigenvalue weighted by molar-refractivity contribution is 6.42. The Hall–Kier alpha value is -2.18. The minimum absolute atomic E-state index is 0.199. The number of hydrogen-bond donors (Lipinski definition) is 1. The van der Waals surface area contributed by atoms with Crippen molar-refractivity contribution in [1.29, 1.82) is 0 Å². The Morgan fingerprint density at radius 2 is 1.91 bits per heavy atom. The number of anilines is 1. The van der Waals surface area contributed by atoms with Crippen molar-refractivity contribution in [3.63, 3.8) is 0 Å². The van der Waals surface area contributed by atoms with Crippen LogP contribution < -0.4 is 5.32 Å². The number of morpholine rings is 1. The average Bonchev–Trinajstić information content (AvgIpc) is 2.84. The first-order chi connectivity index (χ1) is 15.7. The quantitative estimate of drug-likeness (QED) is 0.499. The molecule has 1 atom stereocenters. The first-order valence-electron chi connectivity index (χ1n) is 11.1. The van der Waals surface area contributed by atoms with Crippen LogP contribution in [0.2, 0.25) is 10.0 Å². The molecule has 0 radical (unpaired) electrons. The first kappa shape index (κ1) is 21.7. The summed E-state index contributed by atoms with van der Waals surface area (Å²) in [4.78, 5) is 11.9. The molecule has 0 spiro atoms. The number of benzene rings is 2. The summed E-state index contributed by atoms with van der Waals surface area (Å²) in [5.74, 6) is 0.887. The van der Waals surface area contributed by atoms with Crippen LogP contribution in [0, 0.1) is 0 Å². The molecule has 166 valence electrons. The van der Waals surface area contributed by atoms with Gasteiger partial charge in [0.05, 0.1) is 29.0 Å². The zero-order valence-corrected chi connectivity index (χ0v) is 19.4. The Balaban J connectivity index is 1.33. The molecule has 2 aromatic carbocycles. The molecule has 1 fully saturated rings. The molecular formula is C25H26Cl2N4O. The predicted molar refractivity (Wildman–Crippen MR) is 130 cm³/mol. The number of hydrogen-bond acceptors (Lipinski definition) is 5. The molecular weight excluding hydrogens is 443 g/mol. The lowest BCUT2D eigenvalue weighted by atomic mass is 9.78. The van der Waals surface area contributed by atoms with Crippen molar-refractivity contribution in [3.05, 3.63) is 75.4 Å². The van der Waals surface area contributed by atoms with Crippen LogP contribution in [0.4, 0.5) is 5.95 Å². The summed E-state index contributed by atoms with van der Waals surface area (Å²) in [5, 5.41) is 4.57. The zero-order valence-electron chi connectivity index (χ0n) is 17.9. The molecule has 1 aromatic heterocycles. The maximum absolute atomic E-state index is 6.32. The van der Waals surface area contributed by atoms with E-state index in [9.17, 15) is 0 Å². The van der Waals surface area contributed by atoms with Gasteiger partial charge >= 0.3 is 0 Å². The third-order valence-corrected chi connectivity index (χ3v) is 7.00. The minimum Gasteiger partial charge on any atom is -0.379 e. The molecule has 2 heterocycles. The van der Waals surface area contributed by atoms with Crippen molar-refractivity contribution in [1.82, 2.24) is 14.9 Å². The average molecular weight is 469 g/mol. The molecule has 1 N–H and O–H groups in total. The van der Waals surface area contributed by atoms with Gasteiger partial charge in [-0.1, -0.05) is 53.5 Å². The monoisotopic (exact) mass is 468 g/mol. The Kier molecular flexibility index (Phi) is 6.60. The molecule has 0 saturated carbocycles. The van der Waals surface area contributed by atoms with Gasteiger partial charge in [0.1, 0.15) is 0 Å². The number of halogens is 2. The lowest BCUT2D eigenvalue weighted by Crippen LogP contribution is -2.37. The molecule has 3 aromatic rings. The topological polar surface area (TPSA) is 50.3 Å². The Morgan fingerprint density at radius 3 is 2.75 bits per heavy atom. The van der Waals surface area contributed by atoms with Gasteiger partial charge < -0.3 is 10.1 Å². The highest BCUT2D eigenvalue weighted by atomic mass is 35.5. The smallest absolute Gasteiger partial charge is 0.223 e. The summed E-state index contributed by atoms with van der Waals surface area (Å²) in [5.41, 5.74) is 5.74. The lowest BCUT2D eigenvalue weighted by molar-refractivity contribution is 0.0378. The number of aromatic nitrogens is 2. The van der Waals surface area contributed by atoms with Gasteiger partial charge in [-0.15, -0.1) is 0 Å². The van der Waals surface area contributed by atoms with Gasteiger partial charge in [-0.2, -0.15) is 0 Å². The molecule has 1 saturated heterocycles. The molecule has 0 bridgehead atoms. The Morgan fingerprint density at radius 1 is 1.06 bits per heavy atom. The van der Waals surface area contributed by atoms with Crippen LogP contribution in [-0.4, -0.2) is 54.3 Å². The van der Waals surface area contributed by atoms with E-state index in [1.807, 2.05) is 18.3 Å². The number of nitrogens with one attached hydrogen (secondary N) is 1. The molecule has 5 rings (SSSR count). The Labute approximate surface area is 198 Å². The number of fused-ring (bicyclic) bond motifs is 3. The molecule has 7 heteroatoms. The molecule has 2 aliphatic rings. The van der Waals surface area contributed by atoms with E-state index in [4.69, 9.17) is 32.9 Å². The van der Waals surface area contributed by atoms with E-state index in [1.165, 1.54) is 5.56 Å². The van der Waals surface area contributed by atoms with Crippen molar-refractivity contribution >= 4 is 29.2 Å². The zero-order chi connectivity index (χ0) is 21.9. The van der Waals surface area contributed by atoms with Crippen LogP contribution in [0.15, 0.2) is 48.7 Å². The van der Waals surface area contributed by atoms with Crippen LogP contribution >= 0.6 is 23.2 Å². The van der Waals surface area contributed by atoms with E-state index >= 15 is 0 Å². The lowest BCUT2D eigenvalue weighted by Gasteiger charge is -2.28. The van der Waals surface area contributed by atoms with Gasteiger partial charge in [-0.05, 0) is 48.2 Å². The summed E-state index contributed by atoms with van der Waals surface area (Å²) in [6.07, 6.45) is 3.85. The van der Waals surface area contributed by atoms with Crippen LogP contribution in [0.1, 0.15) is 29.0 Å². The number of rotatable bonds is 6. The summed E-state index contributed by atoms with van der Waals surface area (Å²) < 4.78 is 5.41. The Bertz CT molecular complexity index is 1100. The van der Waals surface area contributed by atoms with Crippen LogP contribution in [-0.2, 0) is 11.2 Å². The SMILES string of the molecule is Clc1ccc(C2Cc3cnc(NCCCN4CCOCC4)nc3-c3ccccc32)cc1Cl. The number of ether oxygens (including phenoxy) is 1. The van der Waals surface area contributed by atoms with E-state index < -0.39 is 0 Å². The summed E-state index contributed by atoms with van der Waals surface area (Å²) >= 11 is 12.5. The molecule has 1 aliphatic heterocycles. The maximum Gasteiger partial charge on any atom is 0.223 e. The predicted octanol–water partition coefficient (Wildman–Crippen LogP) is 5.27. The van der Waals surface area contributed by atoms with Gasteiger partial charge in [-0.3, -0.25) is 4.90 Å². The van der Waals surface area contributed by atoms with Crippen LogP contribution in [0.25, 0.3) is 11.3 Å². The highest BCUT2D eigenvalue weighted by Gasteiger charge is 2.27. The fraction of sp³-hybridized carbons (Fsp3) is 0.360. The summed E-state index contributed by atoms with van der Waals surface area (Å²) in [6.45, 7) is 5.63. The fourth-order valence-corrected chi connectivity index (χ4v) is 4.88. The van der Waals surface area contributed by atoms with Crippen molar-refractivity contribution in [2.24, 2.45) is 0 Å². The van der Waals surface area contributed by atoms with Gasteiger partial charge in [0.15, 0.2) is 0 Å². The molecule has 1 aliphatic carbocycles. The molecule has 5 nitrogen and oxygen atoms in total. The first-order valence-corrected chi connectivity index (χ1v) is 11.9. The van der Waals surface area contributed by atoms with E-state index in [0.717, 1.165) is 74.6 Å². The summed E-state index contributed by atoms with van der Waals surface area (Å²) in [6, 6.07) is 14.4. The second kappa shape index (κ2) is 9.75. The second-order valence-electron chi connectivity index (χ2n) is 8.32. The standard InChI is InChI=1S/C25H26Cl2N4O/c26-22-7-6-17(15-23(22)27)21-14-18-16-29-25(28-8-3-9-31-10-12-32-13-11-31)30-24(18)20-5-2-1-4-19(20)21/h1-2,4-7,15-16,21H,3,8-14H2,(H,28,29,30). The van der Waals surface area contributed by atoms with Crippen LogP contribution in [0.3, 0.4) is 0 Å². The minimum atomic E-state index is 0.199. The highest BCUT2D eigenvalue weighted by Crippen LogP contribution is 2.42. The largest absolute Gasteiger partial charge is 0.379 e. The van der Waals surface area contributed by atoms with Gasteiger partial charge in [0.25, 0.3) is 0 Å². The third kappa shape index (κ3) is 4.62. The van der Waals surface area contributed by atoms with Crippen molar-refractivity contribution in [3.8, 4) is 11.3 Å². The van der Waals surface area contributed by atoms with E-state index in [1.54, 1.807) is 0 Å². The van der Waals surface area contributed by atoms with E-state index in [2.05, 4.69) is 45.5 Å². The van der Waals surface area contributed by atoms with Crippen molar-refractivity contribution in [2.45, 2.75) is 18.8 Å². The van der Waals surface area contributed by atoms with Gasteiger partial charge in [0.2, 0.25) is 5.95 Å². The van der Waals surface area contributed by atoms with Crippen LogP contribution in [0.5, 0.6) is 0 Å². The second-order valence-corrected chi connectivity index (χ2v) is 9.13. The van der Waals surface area contributed by atoms with Crippen molar-refractivity contribution in [2.75, 3.05) is 44.7 Å². The number of nitrogens with zero attached hydrogens (tertiary/aromatic N) is 3. The maximum atomic E-state index is 6.32. The third-order valence-electron chi connectivity index (χ3n) is 6.26. The van der Waals surface area contributed by atoms with E-state index in [0.29, 0.717) is 16.0 Å².